The first-order valence-corrected chi connectivity index (χ1v) is 9.67. The lowest BCUT2D eigenvalue weighted by atomic mass is 10.1. The van der Waals surface area contributed by atoms with E-state index in [9.17, 15) is 4.39 Å². The van der Waals surface area contributed by atoms with Crippen molar-refractivity contribution in [1.82, 2.24) is 4.57 Å². The van der Waals surface area contributed by atoms with E-state index in [0.29, 0.717) is 12.3 Å². The minimum atomic E-state index is -0.285. The molecule has 3 aromatic rings. The van der Waals surface area contributed by atoms with Crippen LogP contribution in [0.2, 0.25) is 0 Å². The third kappa shape index (κ3) is 4.26. The molecule has 0 aliphatic carbocycles. The van der Waals surface area contributed by atoms with Crippen molar-refractivity contribution in [3.63, 3.8) is 0 Å². The number of aromatic nitrogens is 1. The molecular weight excluding hydrogens is 379 g/mol. The van der Waals surface area contributed by atoms with E-state index in [1.165, 1.54) is 23.5 Å². The van der Waals surface area contributed by atoms with Gasteiger partial charge in [0.25, 0.3) is 0 Å². The van der Waals surface area contributed by atoms with Gasteiger partial charge in [-0.2, -0.15) is 0 Å². The Balaban J connectivity index is 2.20. The molecule has 148 valence electrons. The van der Waals surface area contributed by atoms with Crippen LogP contribution in [0.15, 0.2) is 52.8 Å². The van der Waals surface area contributed by atoms with E-state index in [0.717, 1.165) is 27.6 Å². The maximum absolute atomic E-state index is 13.2. The molecule has 1 heterocycles. The molecule has 0 spiro atoms. The van der Waals surface area contributed by atoms with Crippen molar-refractivity contribution in [1.29, 1.82) is 0 Å². The molecule has 7 heteroatoms. The average molecular weight is 402 g/mol. The topological polar surface area (TPSA) is 45.0 Å². The van der Waals surface area contributed by atoms with Crippen molar-refractivity contribution in [2.45, 2.75) is 13.0 Å². The van der Waals surface area contributed by atoms with E-state index in [1.54, 1.807) is 33.5 Å². The van der Waals surface area contributed by atoms with Gasteiger partial charge in [-0.3, -0.25) is 0 Å². The monoisotopic (exact) mass is 402 g/mol. The molecule has 1 atom stereocenters. The number of benzene rings is 2. The molecule has 0 fully saturated rings. The normalized spacial score (nSPS) is 12.8. The van der Waals surface area contributed by atoms with Crippen molar-refractivity contribution >= 4 is 17.0 Å². The van der Waals surface area contributed by atoms with Gasteiger partial charge in [-0.1, -0.05) is 0 Å². The van der Waals surface area contributed by atoms with E-state index < -0.39 is 0 Å². The molecule has 28 heavy (non-hydrogen) atoms. The van der Waals surface area contributed by atoms with Gasteiger partial charge in [-0.25, -0.2) is 9.38 Å². The molecule has 1 unspecified atom stereocenters. The fraction of sp³-hybridized carbons (Fsp3) is 0.286. The van der Waals surface area contributed by atoms with Crippen molar-refractivity contribution in [2.75, 3.05) is 27.9 Å². The summed E-state index contributed by atoms with van der Waals surface area (Å²) in [5.41, 5.74) is 2.54. The molecule has 1 aromatic heterocycles. The third-order valence-corrected chi connectivity index (χ3v) is 5.16. The highest BCUT2D eigenvalue weighted by atomic mass is 32.1. The number of rotatable bonds is 7. The quantitative estimate of drug-likeness (QED) is 0.570. The third-order valence-electron chi connectivity index (χ3n) is 4.32. The zero-order valence-electron chi connectivity index (χ0n) is 16.3. The first-order chi connectivity index (χ1) is 13.6. The largest absolute Gasteiger partial charge is 0.497 e. The second kappa shape index (κ2) is 9.03. The molecule has 0 aliphatic heterocycles. The number of ether oxygens (including phenoxy) is 3. The van der Waals surface area contributed by atoms with Crippen LogP contribution in [0.4, 0.5) is 10.1 Å². The van der Waals surface area contributed by atoms with Crippen LogP contribution in [-0.2, 0) is 4.74 Å². The van der Waals surface area contributed by atoms with Crippen molar-refractivity contribution in [2.24, 2.45) is 4.99 Å². The van der Waals surface area contributed by atoms with Gasteiger partial charge in [0.2, 0.25) is 0 Å². The van der Waals surface area contributed by atoms with Gasteiger partial charge in [0.05, 0.1) is 38.2 Å². The van der Waals surface area contributed by atoms with E-state index in [-0.39, 0.29) is 11.9 Å². The number of hydrogen-bond donors (Lipinski definition) is 0. The molecule has 5 nitrogen and oxygen atoms in total. The molecule has 0 radical (unpaired) electrons. The Bertz CT molecular complexity index is 996. The zero-order valence-corrected chi connectivity index (χ0v) is 17.1. The lowest BCUT2D eigenvalue weighted by Gasteiger charge is -2.18. The van der Waals surface area contributed by atoms with E-state index in [4.69, 9.17) is 19.2 Å². The second-order valence-electron chi connectivity index (χ2n) is 6.23. The maximum atomic E-state index is 13.2. The van der Waals surface area contributed by atoms with Crippen LogP contribution >= 0.6 is 11.3 Å². The highest BCUT2D eigenvalue weighted by molar-refractivity contribution is 7.07. The number of nitrogens with zero attached hydrogens (tertiary/aromatic N) is 2. The molecule has 0 aliphatic rings. The molecule has 3 rings (SSSR count). The summed E-state index contributed by atoms with van der Waals surface area (Å²) < 4.78 is 31.7. The van der Waals surface area contributed by atoms with Gasteiger partial charge >= 0.3 is 0 Å². The van der Waals surface area contributed by atoms with E-state index in [1.807, 2.05) is 23.6 Å². The predicted octanol–water partition coefficient (Wildman–Crippen LogP) is 4.81. The molecule has 0 saturated carbocycles. The lowest BCUT2D eigenvalue weighted by molar-refractivity contribution is 0.162. The smallest absolute Gasteiger partial charge is 0.190 e. The predicted molar refractivity (Wildman–Crippen MR) is 109 cm³/mol. The van der Waals surface area contributed by atoms with Crippen LogP contribution in [0.5, 0.6) is 11.5 Å². The Morgan fingerprint density at radius 3 is 2.46 bits per heavy atom. The summed E-state index contributed by atoms with van der Waals surface area (Å²) in [6.45, 7) is 2.59. The summed E-state index contributed by atoms with van der Waals surface area (Å²) in [5.74, 6) is 1.20. The minimum absolute atomic E-state index is 0.0290. The Morgan fingerprint density at radius 1 is 1.07 bits per heavy atom. The Kier molecular flexibility index (Phi) is 6.49. The van der Waals surface area contributed by atoms with Gasteiger partial charge in [0.15, 0.2) is 4.80 Å². The maximum Gasteiger partial charge on any atom is 0.190 e. The van der Waals surface area contributed by atoms with Crippen molar-refractivity contribution < 1.29 is 18.6 Å². The molecular formula is C21H23FN2O3S. The Hall–Kier alpha value is -2.64. The van der Waals surface area contributed by atoms with Gasteiger partial charge in [-0.15, -0.1) is 11.3 Å². The summed E-state index contributed by atoms with van der Waals surface area (Å²) >= 11 is 1.51. The Morgan fingerprint density at radius 2 is 1.82 bits per heavy atom. The number of hydrogen-bond acceptors (Lipinski definition) is 5. The van der Waals surface area contributed by atoms with E-state index >= 15 is 0 Å². The first kappa shape index (κ1) is 20.1. The summed E-state index contributed by atoms with van der Waals surface area (Å²) in [6, 6.07) is 11.8. The second-order valence-corrected chi connectivity index (χ2v) is 7.07. The number of methoxy groups -OCH3 is 3. The standard InChI is InChI=1S/C21H23FN2O3S/c1-14(12-25-2)24-19(18-11-17(26-3)9-10-20(18)27-4)13-28-21(24)23-16-7-5-15(22)6-8-16/h5-11,13-14H,12H2,1-4H3. The molecule has 2 aromatic carbocycles. The zero-order chi connectivity index (χ0) is 20.1. The van der Waals surface area contributed by atoms with Crippen LogP contribution in [0.1, 0.15) is 13.0 Å². The molecule has 0 N–H and O–H groups in total. The Labute approximate surface area is 167 Å². The van der Waals surface area contributed by atoms with Crippen LogP contribution in [0, 0.1) is 5.82 Å². The number of halogens is 1. The first-order valence-electron chi connectivity index (χ1n) is 8.79. The van der Waals surface area contributed by atoms with Gasteiger partial charge in [-0.05, 0) is 49.4 Å². The fourth-order valence-corrected chi connectivity index (χ4v) is 3.99. The summed E-state index contributed by atoms with van der Waals surface area (Å²) in [5, 5.41) is 2.03. The average Bonchev–Trinajstić information content (AvgIpc) is 3.12. The number of thiazole rings is 1. The van der Waals surface area contributed by atoms with Gasteiger partial charge in [0, 0.05) is 18.1 Å². The van der Waals surface area contributed by atoms with Gasteiger partial charge in [0.1, 0.15) is 17.3 Å². The molecule has 0 bridgehead atoms. The lowest BCUT2D eigenvalue weighted by Crippen LogP contribution is -2.23. The summed E-state index contributed by atoms with van der Waals surface area (Å²) in [4.78, 5) is 5.50. The fourth-order valence-electron chi connectivity index (χ4n) is 2.98. The van der Waals surface area contributed by atoms with Gasteiger partial charge < -0.3 is 18.8 Å². The van der Waals surface area contributed by atoms with Crippen LogP contribution in [0.25, 0.3) is 11.3 Å². The summed E-state index contributed by atoms with van der Waals surface area (Å²) in [6.07, 6.45) is 0. The van der Waals surface area contributed by atoms with Crippen molar-refractivity contribution in [3.8, 4) is 22.8 Å². The minimum Gasteiger partial charge on any atom is -0.497 e. The molecule has 0 saturated heterocycles. The molecule has 0 amide bonds. The highest BCUT2D eigenvalue weighted by Gasteiger charge is 2.18. The summed E-state index contributed by atoms with van der Waals surface area (Å²) in [7, 11) is 4.95. The van der Waals surface area contributed by atoms with Crippen LogP contribution in [-0.4, -0.2) is 32.5 Å². The van der Waals surface area contributed by atoms with Crippen LogP contribution < -0.4 is 14.3 Å². The van der Waals surface area contributed by atoms with Crippen LogP contribution in [0.3, 0.4) is 0 Å². The van der Waals surface area contributed by atoms with E-state index in [2.05, 4.69) is 11.5 Å². The SMILES string of the molecule is COCC(C)n1c(-c2cc(OC)ccc2OC)csc1=Nc1ccc(F)cc1. The highest BCUT2D eigenvalue weighted by Crippen LogP contribution is 2.35. The van der Waals surface area contributed by atoms with Crippen molar-refractivity contribution in [3.05, 3.63) is 58.5 Å².